The predicted molar refractivity (Wildman–Crippen MR) is 136 cm³/mol. The van der Waals surface area contributed by atoms with Crippen molar-refractivity contribution in [2.45, 2.75) is 12.7 Å². The average Bonchev–Trinajstić information content (AvgIpc) is 3.45. The van der Waals surface area contributed by atoms with Crippen LogP contribution in [0.1, 0.15) is 32.4 Å². The lowest BCUT2D eigenvalue weighted by Gasteiger charge is -2.40. The Morgan fingerprint density at radius 2 is 1.69 bits per heavy atom. The molecule has 0 bridgehead atoms. The van der Waals surface area contributed by atoms with E-state index in [0.29, 0.717) is 35.7 Å². The monoisotopic (exact) mass is 480 g/mol. The van der Waals surface area contributed by atoms with Gasteiger partial charge in [0.05, 0.1) is 29.1 Å². The van der Waals surface area contributed by atoms with Crippen molar-refractivity contribution in [2.24, 2.45) is 0 Å². The quantitative estimate of drug-likeness (QED) is 0.452. The first-order valence-corrected chi connectivity index (χ1v) is 11.8. The van der Waals surface area contributed by atoms with Gasteiger partial charge < -0.3 is 19.5 Å². The number of hydrogen-bond acceptors (Lipinski definition) is 4. The summed E-state index contributed by atoms with van der Waals surface area (Å²) in [5.41, 5.74) is 3.87. The van der Waals surface area contributed by atoms with Crippen molar-refractivity contribution in [2.75, 3.05) is 30.5 Å². The maximum Gasteiger partial charge on any atom is 0.260 e. The molecule has 3 aromatic carbocycles. The maximum absolute atomic E-state index is 13.6. The van der Waals surface area contributed by atoms with E-state index in [0.717, 1.165) is 16.5 Å². The lowest BCUT2D eigenvalue weighted by molar-refractivity contribution is -0.117. The highest BCUT2D eigenvalue weighted by Gasteiger charge is 2.48. The SMILES string of the molecule is COCCn1ccc2c(NC(=O)CN3C(=O)c4ccccc4N4C(=O)c5ccccc5[C@H]34)cccc21. The van der Waals surface area contributed by atoms with Crippen molar-refractivity contribution in [3.8, 4) is 0 Å². The van der Waals surface area contributed by atoms with Gasteiger partial charge in [0.1, 0.15) is 12.7 Å². The zero-order valence-electron chi connectivity index (χ0n) is 19.7. The molecule has 0 radical (unpaired) electrons. The van der Waals surface area contributed by atoms with Crippen molar-refractivity contribution in [1.82, 2.24) is 9.47 Å². The second-order valence-corrected chi connectivity index (χ2v) is 8.87. The minimum atomic E-state index is -0.673. The first kappa shape index (κ1) is 22.1. The standard InChI is InChI=1S/C28H24N4O4/c1-36-16-15-30-14-13-20-22(10-6-12-23(20)30)29-25(33)17-31-26-18-7-2-3-8-19(18)28(35)32(26)24-11-5-4-9-21(24)27(31)34/h2-14,26H,15-17H2,1H3,(H,29,33)/t26-/m1/s1. The first-order chi connectivity index (χ1) is 17.6. The lowest BCUT2D eigenvalue weighted by Crippen LogP contribution is -2.50. The summed E-state index contributed by atoms with van der Waals surface area (Å²) < 4.78 is 7.26. The fourth-order valence-electron chi connectivity index (χ4n) is 5.20. The molecule has 2 aliphatic heterocycles. The summed E-state index contributed by atoms with van der Waals surface area (Å²) in [6, 6.07) is 22.0. The molecular formula is C28H24N4O4. The van der Waals surface area contributed by atoms with Gasteiger partial charge in [-0.25, -0.2) is 0 Å². The molecule has 3 heterocycles. The molecule has 0 aliphatic carbocycles. The van der Waals surface area contributed by atoms with Gasteiger partial charge in [-0.15, -0.1) is 0 Å². The van der Waals surface area contributed by atoms with E-state index in [-0.39, 0.29) is 24.3 Å². The van der Waals surface area contributed by atoms with Crippen LogP contribution in [0.25, 0.3) is 10.9 Å². The molecule has 1 atom stereocenters. The molecule has 3 amide bonds. The number of methoxy groups -OCH3 is 1. The number of para-hydroxylation sites is 1. The van der Waals surface area contributed by atoms with Crippen LogP contribution >= 0.6 is 0 Å². The van der Waals surface area contributed by atoms with Gasteiger partial charge in [-0.1, -0.05) is 36.4 Å². The van der Waals surface area contributed by atoms with Crippen LogP contribution in [-0.2, 0) is 16.1 Å². The highest BCUT2D eigenvalue weighted by atomic mass is 16.5. The highest BCUT2D eigenvalue weighted by Crippen LogP contribution is 2.45. The number of rotatable bonds is 6. The summed E-state index contributed by atoms with van der Waals surface area (Å²) in [6.45, 7) is 1.08. The number of nitrogens with zero attached hydrogens (tertiary/aromatic N) is 3. The molecule has 0 saturated carbocycles. The zero-order chi connectivity index (χ0) is 24.8. The van der Waals surface area contributed by atoms with Crippen LogP contribution in [0.5, 0.6) is 0 Å². The van der Waals surface area contributed by atoms with Crippen molar-refractivity contribution >= 4 is 40.0 Å². The van der Waals surface area contributed by atoms with Gasteiger partial charge in [-0.2, -0.15) is 0 Å². The van der Waals surface area contributed by atoms with Crippen LogP contribution in [0, 0.1) is 0 Å². The van der Waals surface area contributed by atoms with Crippen LogP contribution in [0.15, 0.2) is 79.0 Å². The van der Waals surface area contributed by atoms with Gasteiger partial charge in [-0.3, -0.25) is 19.3 Å². The van der Waals surface area contributed by atoms with E-state index in [1.165, 1.54) is 4.90 Å². The molecule has 6 rings (SSSR count). The third kappa shape index (κ3) is 3.37. The second kappa shape index (κ2) is 8.66. The van der Waals surface area contributed by atoms with Gasteiger partial charge in [-0.05, 0) is 36.4 Å². The number of amides is 3. The van der Waals surface area contributed by atoms with Crippen LogP contribution in [0.2, 0.25) is 0 Å². The number of benzene rings is 3. The number of carbonyl (C=O) groups is 3. The molecular weight excluding hydrogens is 456 g/mol. The van der Waals surface area contributed by atoms with Crippen LogP contribution in [0.4, 0.5) is 11.4 Å². The molecule has 0 spiro atoms. The smallest absolute Gasteiger partial charge is 0.260 e. The summed E-state index contributed by atoms with van der Waals surface area (Å²) in [7, 11) is 1.66. The van der Waals surface area contributed by atoms with Crippen molar-refractivity contribution in [3.63, 3.8) is 0 Å². The number of ether oxygens (including phenoxy) is 1. The summed E-state index contributed by atoms with van der Waals surface area (Å²) in [6.07, 6.45) is 1.29. The van der Waals surface area contributed by atoms with E-state index in [4.69, 9.17) is 4.74 Å². The molecule has 1 aromatic heterocycles. The number of anilines is 2. The van der Waals surface area contributed by atoms with Crippen LogP contribution < -0.4 is 10.2 Å². The summed E-state index contributed by atoms with van der Waals surface area (Å²) in [5, 5.41) is 3.88. The first-order valence-electron chi connectivity index (χ1n) is 11.8. The van der Waals surface area contributed by atoms with E-state index >= 15 is 0 Å². The minimum Gasteiger partial charge on any atom is -0.383 e. The Balaban J connectivity index is 1.33. The number of aromatic nitrogens is 1. The van der Waals surface area contributed by atoms with Gasteiger partial charge in [0.15, 0.2) is 0 Å². The van der Waals surface area contributed by atoms with Gasteiger partial charge in [0, 0.05) is 36.4 Å². The summed E-state index contributed by atoms with van der Waals surface area (Å²) in [5.74, 6) is -0.796. The van der Waals surface area contributed by atoms with Gasteiger partial charge in [0.25, 0.3) is 11.8 Å². The number of carbonyl (C=O) groups excluding carboxylic acids is 3. The Labute approximate surface area is 207 Å². The fourth-order valence-corrected chi connectivity index (χ4v) is 5.20. The van der Waals surface area contributed by atoms with Crippen molar-refractivity contribution < 1.29 is 19.1 Å². The molecule has 36 heavy (non-hydrogen) atoms. The third-order valence-corrected chi connectivity index (χ3v) is 6.82. The molecule has 0 unspecified atom stereocenters. The Bertz CT molecular complexity index is 1530. The average molecular weight is 481 g/mol. The highest BCUT2D eigenvalue weighted by molar-refractivity contribution is 6.17. The molecule has 8 heteroatoms. The Kier molecular flexibility index (Phi) is 5.30. The lowest BCUT2D eigenvalue weighted by atomic mass is 10.0. The van der Waals surface area contributed by atoms with Crippen LogP contribution in [-0.4, -0.2) is 47.4 Å². The zero-order valence-corrected chi connectivity index (χ0v) is 19.7. The summed E-state index contributed by atoms with van der Waals surface area (Å²) in [4.78, 5) is 43.3. The molecule has 0 fully saturated rings. The van der Waals surface area contributed by atoms with E-state index in [2.05, 4.69) is 9.88 Å². The minimum absolute atomic E-state index is 0.178. The predicted octanol–water partition coefficient (Wildman–Crippen LogP) is 4.04. The summed E-state index contributed by atoms with van der Waals surface area (Å²) >= 11 is 0. The molecule has 4 aromatic rings. The van der Waals surface area contributed by atoms with Gasteiger partial charge in [0.2, 0.25) is 5.91 Å². The fraction of sp³-hybridized carbons (Fsp3) is 0.179. The Morgan fingerprint density at radius 3 is 2.53 bits per heavy atom. The molecule has 2 aliphatic rings. The molecule has 8 nitrogen and oxygen atoms in total. The van der Waals surface area contributed by atoms with E-state index in [9.17, 15) is 14.4 Å². The number of fused-ring (bicyclic) bond motifs is 6. The Morgan fingerprint density at radius 1 is 0.917 bits per heavy atom. The van der Waals surface area contributed by atoms with E-state index < -0.39 is 6.17 Å². The Hall–Kier alpha value is -4.43. The third-order valence-electron chi connectivity index (χ3n) is 6.82. The van der Waals surface area contributed by atoms with E-state index in [1.54, 1.807) is 48.4 Å². The normalized spacial score (nSPS) is 16.2. The molecule has 1 N–H and O–H groups in total. The maximum atomic E-state index is 13.6. The molecule has 0 saturated heterocycles. The van der Waals surface area contributed by atoms with Crippen molar-refractivity contribution in [1.29, 1.82) is 0 Å². The van der Waals surface area contributed by atoms with E-state index in [1.807, 2.05) is 42.6 Å². The largest absolute Gasteiger partial charge is 0.383 e. The molecule has 180 valence electrons. The number of nitrogens with one attached hydrogen (secondary N) is 1. The number of hydrogen-bond donors (Lipinski definition) is 1. The van der Waals surface area contributed by atoms with Gasteiger partial charge >= 0.3 is 0 Å². The second-order valence-electron chi connectivity index (χ2n) is 8.87. The van der Waals surface area contributed by atoms with Crippen LogP contribution in [0.3, 0.4) is 0 Å². The van der Waals surface area contributed by atoms with Crippen molar-refractivity contribution in [3.05, 3.63) is 95.7 Å². The topological polar surface area (TPSA) is 83.9 Å².